The third-order valence-corrected chi connectivity index (χ3v) is 1.01. The molecule has 0 amide bonds. The van der Waals surface area contributed by atoms with Crippen molar-refractivity contribution >= 4 is 28.9 Å². The van der Waals surface area contributed by atoms with Gasteiger partial charge in [-0.05, 0) is 6.72 Å². The van der Waals surface area contributed by atoms with Gasteiger partial charge >= 0.3 is 29.6 Å². The van der Waals surface area contributed by atoms with Gasteiger partial charge in [0, 0.05) is 0 Å². The molecule has 0 aliphatic rings. The number of nitrogens with two attached hydrogens (primary N) is 2. The van der Waals surface area contributed by atoms with Crippen LogP contribution in [0.25, 0.3) is 0 Å². The Kier molecular flexibility index (Phi) is 6.98. The molecule has 68 valence electrons. The SMILES string of the molecule is C=N/C(N)=N/C(N)=N/S(=O)(=O)[O-].[Na+]. The predicted octanol–water partition coefficient (Wildman–Crippen LogP) is -5.22. The topological polar surface area (TPSA) is 146 Å². The van der Waals surface area contributed by atoms with Crippen molar-refractivity contribution in [1.29, 1.82) is 0 Å². The third-order valence-electron chi connectivity index (χ3n) is 0.596. The van der Waals surface area contributed by atoms with Crippen molar-refractivity contribution in [2.75, 3.05) is 0 Å². The van der Waals surface area contributed by atoms with Gasteiger partial charge in [0.05, 0.1) is 0 Å². The van der Waals surface area contributed by atoms with E-state index in [4.69, 9.17) is 11.5 Å². The van der Waals surface area contributed by atoms with Crippen molar-refractivity contribution < 1.29 is 42.5 Å². The molecule has 0 rings (SSSR count). The van der Waals surface area contributed by atoms with E-state index in [2.05, 4.69) is 21.1 Å². The van der Waals surface area contributed by atoms with E-state index < -0.39 is 16.3 Å². The number of rotatable bonds is 1. The molecule has 0 spiro atoms. The maximum atomic E-state index is 9.93. The summed E-state index contributed by atoms with van der Waals surface area (Å²) >= 11 is 0. The number of nitrogens with zero attached hydrogens (tertiary/aromatic N) is 3. The molecule has 0 aromatic heterocycles. The maximum Gasteiger partial charge on any atom is 1.00 e. The third kappa shape index (κ3) is 9.43. The van der Waals surface area contributed by atoms with Crippen LogP contribution in [0, 0.1) is 0 Å². The van der Waals surface area contributed by atoms with Gasteiger partial charge in [0.15, 0.2) is 0 Å². The van der Waals surface area contributed by atoms with Crippen LogP contribution >= 0.6 is 0 Å². The zero-order valence-corrected chi connectivity index (χ0v) is 9.65. The second kappa shape index (κ2) is 6.05. The second-order valence-electron chi connectivity index (χ2n) is 1.51. The van der Waals surface area contributed by atoms with E-state index in [1.807, 2.05) is 0 Å². The first-order valence-electron chi connectivity index (χ1n) is 2.47. The largest absolute Gasteiger partial charge is 1.00 e. The summed E-state index contributed by atoms with van der Waals surface area (Å²) < 4.78 is 32.2. The molecule has 0 saturated carbocycles. The quantitative estimate of drug-likeness (QED) is 0.194. The summed E-state index contributed by atoms with van der Waals surface area (Å²) in [6.45, 7) is 2.97. The molecule has 0 fully saturated rings. The first kappa shape index (κ1) is 15.0. The van der Waals surface area contributed by atoms with E-state index in [9.17, 15) is 13.0 Å². The second-order valence-corrected chi connectivity index (χ2v) is 2.54. The summed E-state index contributed by atoms with van der Waals surface area (Å²) in [7, 11) is -4.79. The summed E-state index contributed by atoms with van der Waals surface area (Å²) in [6.07, 6.45) is 0. The predicted molar refractivity (Wildman–Crippen MR) is 42.5 cm³/mol. The molecule has 0 aromatic rings. The van der Waals surface area contributed by atoms with Crippen molar-refractivity contribution in [1.82, 2.24) is 0 Å². The molecule has 8 nitrogen and oxygen atoms in total. The van der Waals surface area contributed by atoms with Crippen LogP contribution in [0.3, 0.4) is 0 Å². The molecule has 0 heterocycles. The molecule has 0 aliphatic carbocycles. The van der Waals surface area contributed by atoms with E-state index in [1.54, 1.807) is 0 Å². The summed E-state index contributed by atoms with van der Waals surface area (Å²) in [5.74, 6) is -1.16. The zero-order valence-electron chi connectivity index (χ0n) is 6.84. The molecule has 0 aliphatic heterocycles. The fourth-order valence-electron chi connectivity index (χ4n) is 0.288. The Labute approximate surface area is 97.0 Å². The van der Waals surface area contributed by atoms with E-state index in [0.29, 0.717) is 0 Å². The molecule has 0 aromatic carbocycles. The van der Waals surface area contributed by atoms with Crippen molar-refractivity contribution in [2.45, 2.75) is 0 Å². The Balaban J connectivity index is 0. The van der Waals surface area contributed by atoms with Gasteiger partial charge < -0.3 is 16.0 Å². The van der Waals surface area contributed by atoms with Gasteiger partial charge in [-0.3, -0.25) is 0 Å². The average Bonchev–Trinajstić information content (AvgIpc) is 1.82. The molecule has 0 saturated heterocycles. The summed E-state index contributed by atoms with van der Waals surface area (Å²) in [4.78, 5) is 6.17. The van der Waals surface area contributed by atoms with Gasteiger partial charge in [-0.2, -0.15) is 4.99 Å². The molecule has 13 heavy (non-hydrogen) atoms. The van der Waals surface area contributed by atoms with E-state index in [0.717, 1.165) is 0 Å². The Hall–Kier alpha value is -0.480. The van der Waals surface area contributed by atoms with Crippen LogP contribution in [0.5, 0.6) is 0 Å². The minimum absolute atomic E-state index is 0. The van der Waals surface area contributed by atoms with Crippen molar-refractivity contribution in [3.8, 4) is 0 Å². The summed E-state index contributed by atoms with van der Waals surface area (Å²) in [5.41, 5.74) is 9.81. The zero-order chi connectivity index (χ0) is 9.78. The smallest absolute Gasteiger partial charge is 0.729 e. The molecule has 0 bridgehead atoms. The van der Waals surface area contributed by atoms with Gasteiger partial charge in [-0.1, -0.05) is 0 Å². The molecule has 0 radical (unpaired) electrons. The van der Waals surface area contributed by atoms with Gasteiger partial charge in [-0.15, -0.1) is 4.40 Å². The molecular formula is C3H6N5NaO3S. The molecule has 10 heteroatoms. The monoisotopic (exact) mass is 215 g/mol. The fourth-order valence-corrected chi connectivity index (χ4v) is 0.558. The number of hydrogen-bond acceptors (Lipinski definition) is 3. The number of hydrogen-bond donors (Lipinski definition) is 2. The minimum Gasteiger partial charge on any atom is -0.729 e. The van der Waals surface area contributed by atoms with E-state index >= 15 is 0 Å². The molecule has 0 atom stereocenters. The van der Waals surface area contributed by atoms with Gasteiger partial charge in [0.1, 0.15) is 0 Å². The van der Waals surface area contributed by atoms with Crippen molar-refractivity contribution in [2.24, 2.45) is 25.8 Å². The van der Waals surface area contributed by atoms with Crippen LogP contribution in [-0.4, -0.2) is 31.6 Å². The Morgan fingerprint density at radius 2 is 1.77 bits per heavy atom. The first-order chi connectivity index (χ1) is 5.35. The Bertz CT molecular complexity index is 333. The van der Waals surface area contributed by atoms with Crippen LogP contribution in [0.2, 0.25) is 0 Å². The molecule has 4 N–H and O–H groups in total. The van der Waals surface area contributed by atoms with E-state index in [1.165, 1.54) is 0 Å². The van der Waals surface area contributed by atoms with Gasteiger partial charge in [-0.25, -0.2) is 13.4 Å². The summed E-state index contributed by atoms with van der Waals surface area (Å²) in [6, 6.07) is 0. The Morgan fingerprint density at radius 3 is 2.08 bits per heavy atom. The first-order valence-corrected chi connectivity index (χ1v) is 3.84. The molecular weight excluding hydrogens is 209 g/mol. The number of guanidine groups is 2. The van der Waals surface area contributed by atoms with Gasteiger partial charge in [0.25, 0.3) is 0 Å². The molecule has 0 unspecified atom stereocenters. The van der Waals surface area contributed by atoms with Crippen LogP contribution in [0.4, 0.5) is 0 Å². The fraction of sp³-hybridized carbons (Fsp3) is 0. The van der Waals surface area contributed by atoms with Crippen LogP contribution < -0.4 is 41.0 Å². The van der Waals surface area contributed by atoms with Crippen molar-refractivity contribution in [3.05, 3.63) is 0 Å². The Morgan fingerprint density at radius 1 is 1.31 bits per heavy atom. The number of aliphatic imine (C=N–C) groups is 2. The van der Waals surface area contributed by atoms with Crippen LogP contribution in [0.1, 0.15) is 0 Å². The van der Waals surface area contributed by atoms with Crippen LogP contribution in [-0.2, 0) is 10.3 Å². The summed E-state index contributed by atoms with van der Waals surface area (Å²) in [5, 5.41) is 0. The maximum absolute atomic E-state index is 9.93. The van der Waals surface area contributed by atoms with E-state index in [-0.39, 0.29) is 35.5 Å². The minimum atomic E-state index is -4.79. The standard InChI is InChI=1S/C3H7N5O3S.Na/c1-6-2(4)7-3(5)8-12(9,10)11;/h1H2,(H,9,10,11)(H4,4,5,7,8);/q;+1/p-1. The van der Waals surface area contributed by atoms with Crippen molar-refractivity contribution in [3.63, 3.8) is 0 Å². The van der Waals surface area contributed by atoms with Gasteiger partial charge in [0.2, 0.25) is 22.2 Å². The van der Waals surface area contributed by atoms with Crippen LogP contribution in [0.15, 0.2) is 14.4 Å². The normalized spacial score (nSPS) is 13.3. The average molecular weight is 215 g/mol.